The highest BCUT2D eigenvalue weighted by Crippen LogP contribution is 2.53. The normalized spacial score (nSPS) is 23.5. The molecule has 5 rings (SSSR count). The number of rotatable bonds is 9. The van der Waals surface area contributed by atoms with Gasteiger partial charge in [0.15, 0.2) is 0 Å². The van der Waals surface area contributed by atoms with Gasteiger partial charge in [0.2, 0.25) is 11.8 Å². The molecule has 10 heteroatoms. The lowest BCUT2D eigenvalue weighted by atomic mass is 9.76. The molecule has 212 valence electrons. The maximum atomic E-state index is 14.4. The number of carboxylic acid groups (broad SMARTS) is 1. The van der Waals surface area contributed by atoms with Crippen molar-refractivity contribution in [3.63, 3.8) is 0 Å². The average molecular weight is 558 g/mol. The molecule has 2 heterocycles. The average Bonchev–Trinajstić information content (AvgIpc) is 3.45. The Kier molecular flexibility index (Phi) is 7.35. The summed E-state index contributed by atoms with van der Waals surface area (Å²) >= 11 is 0. The molecule has 2 N–H and O–H groups in total. The van der Waals surface area contributed by atoms with E-state index in [0.29, 0.717) is 35.4 Å². The van der Waals surface area contributed by atoms with E-state index in [1.54, 1.807) is 24.3 Å². The van der Waals surface area contributed by atoms with Gasteiger partial charge in [0.05, 0.1) is 29.6 Å². The van der Waals surface area contributed by atoms with Gasteiger partial charge in [0.1, 0.15) is 11.3 Å². The Labute approximate surface area is 237 Å². The molecular weight excluding hydrogens is 526 g/mol. The van der Waals surface area contributed by atoms with Crippen molar-refractivity contribution in [2.24, 2.45) is 11.8 Å². The summed E-state index contributed by atoms with van der Waals surface area (Å²) in [6, 6.07) is 17.4. The molecule has 2 saturated heterocycles. The molecule has 0 spiro atoms. The smallest absolute Gasteiger partial charge is 0.325 e. The second-order valence-corrected chi connectivity index (χ2v) is 10.4. The summed E-state index contributed by atoms with van der Waals surface area (Å²) in [4.78, 5) is 53.8. The second kappa shape index (κ2) is 10.8. The van der Waals surface area contributed by atoms with Crippen LogP contribution in [0.2, 0.25) is 0 Å². The van der Waals surface area contributed by atoms with Crippen molar-refractivity contribution in [1.29, 1.82) is 0 Å². The van der Waals surface area contributed by atoms with Crippen molar-refractivity contribution in [3.05, 3.63) is 99.1 Å². The van der Waals surface area contributed by atoms with E-state index in [-0.39, 0.29) is 12.1 Å². The van der Waals surface area contributed by atoms with Crippen molar-refractivity contribution in [3.8, 4) is 5.75 Å². The molecule has 2 aliphatic rings. The van der Waals surface area contributed by atoms with Crippen molar-refractivity contribution in [2.75, 3.05) is 12.0 Å². The number of methoxy groups -OCH3 is 1. The SMILES string of the molecule is CCc1cccc(CC)c1N1C(=O)C2C(c3ccccc3OC)NC(Cc3ccc([N+](=O)[O-])cc3)(C(=O)O)C2C1=O. The number of non-ortho nitro benzene ring substituents is 1. The molecule has 4 atom stereocenters. The molecule has 0 saturated carbocycles. The highest BCUT2D eigenvalue weighted by Gasteiger charge is 2.69. The minimum absolute atomic E-state index is 0.135. The molecule has 10 nitrogen and oxygen atoms in total. The quantitative estimate of drug-likeness (QED) is 0.226. The highest BCUT2D eigenvalue weighted by molar-refractivity contribution is 6.25. The van der Waals surface area contributed by atoms with Crippen LogP contribution in [0.5, 0.6) is 5.75 Å². The van der Waals surface area contributed by atoms with Crippen LogP contribution in [-0.4, -0.2) is 40.5 Å². The molecule has 0 aliphatic carbocycles. The largest absolute Gasteiger partial charge is 0.496 e. The fourth-order valence-electron chi connectivity index (χ4n) is 6.41. The molecule has 2 amide bonds. The second-order valence-electron chi connectivity index (χ2n) is 10.4. The first-order valence-electron chi connectivity index (χ1n) is 13.5. The number of anilines is 1. The van der Waals surface area contributed by atoms with Crippen LogP contribution in [-0.2, 0) is 33.6 Å². The molecule has 3 aromatic carbocycles. The molecule has 4 unspecified atom stereocenters. The van der Waals surface area contributed by atoms with Crippen LogP contribution in [0.1, 0.15) is 42.1 Å². The number of aliphatic carboxylic acids is 1. The van der Waals surface area contributed by atoms with Crippen LogP contribution in [0.15, 0.2) is 66.7 Å². The summed E-state index contributed by atoms with van der Waals surface area (Å²) in [6.45, 7) is 3.89. The van der Waals surface area contributed by atoms with Crippen LogP contribution in [0.4, 0.5) is 11.4 Å². The van der Waals surface area contributed by atoms with Crippen molar-refractivity contribution < 1.29 is 29.2 Å². The van der Waals surface area contributed by atoms with Gasteiger partial charge < -0.3 is 9.84 Å². The van der Waals surface area contributed by atoms with Crippen molar-refractivity contribution in [2.45, 2.75) is 44.7 Å². The maximum absolute atomic E-state index is 14.4. The number of para-hydroxylation sites is 2. The minimum Gasteiger partial charge on any atom is -0.496 e. The Morgan fingerprint density at radius 2 is 1.63 bits per heavy atom. The van der Waals surface area contributed by atoms with Gasteiger partial charge in [-0.3, -0.25) is 29.8 Å². The third-order valence-corrected chi connectivity index (χ3v) is 8.33. The number of fused-ring (bicyclic) bond motifs is 1. The number of benzene rings is 3. The zero-order valence-electron chi connectivity index (χ0n) is 23.0. The lowest BCUT2D eigenvalue weighted by Crippen LogP contribution is -2.57. The Bertz CT molecular complexity index is 1510. The number of nitro benzene ring substituents is 1. The van der Waals surface area contributed by atoms with E-state index < -0.39 is 46.1 Å². The van der Waals surface area contributed by atoms with Gasteiger partial charge in [0.25, 0.3) is 5.69 Å². The number of nitro groups is 1. The number of nitrogens with one attached hydrogen (secondary N) is 1. The Morgan fingerprint density at radius 3 is 2.20 bits per heavy atom. The Morgan fingerprint density at radius 1 is 1.00 bits per heavy atom. The monoisotopic (exact) mass is 557 g/mol. The minimum atomic E-state index is -1.87. The highest BCUT2D eigenvalue weighted by atomic mass is 16.6. The molecule has 0 bridgehead atoms. The van der Waals surface area contributed by atoms with E-state index >= 15 is 0 Å². The van der Waals surface area contributed by atoms with E-state index in [9.17, 15) is 29.6 Å². The molecular formula is C31H31N3O7. The van der Waals surface area contributed by atoms with E-state index in [1.807, 2.05) is 32.0 Å². The third kappa shape index (κ3) is 4.44. The van der Waals surface area contributed by atoms with Crippen LogP contribution in [0.3, 0.4) is 0 Å². The van der Waals surface area contributed by atoms with Gasteiger partial charge in [-0.2, -0.15) is 0 Å². The zero-order valence-corrected chi connectivity index (χ0v) is 23.0. The number of carboxylic acids is 1. The Balaban J connectivity index is 1.70. The summed E-state index contributed by atoms with van der Waals surface area (Å²) in [7, 11) is 1.49. The fourth-order valence-corrected chi connectivity index (χ4v) is 6.41. The maximum Gasteiger partial charge on any atom is 0.325 e. The fraction of sp³-hybridized carbons (Fsp3) is 0.323. The van der Waals surface area contributed by atoms with E-state index in [0.717, 1.165) is 11.1 Å². The van der Waals surface area contributed by atoms with Gasteiger partial charge >= 0.3 is 5.97 Å². The van der Waals surface area contributed by atoms with Gasteiger partial charge in [-0.15, -0.1) is 0 Å². The van der Waals surface area contributed by atoms with Gasteiger partial charge in [-0.05, 0) is 35.6 Å². The molecule has 2 aliphatic heterocycles. The predicted octanol–water partition coefficient (Wildman–Crippen LogP) is 4.24. The summed E-state index contributed by atoms with van der Waals surface area (Å²) in [5, 5.41) is 25.2. The first-order chi connectivity index (χ1) is 19.7. The van der Waals surface area contributed by atoms with Gasteiger partial charge in [-0.25, -0.2) is 4.90 Å². The topological polar surface area (TPSA) is 139 Å². The first kappa shape index (κ1) is 28.0. The van der Waals surface area contributed by atoms with E-state index in [2.05, 4.69) is 5.32 Å². The number of ether oxygens (including phenoxy) is 1. The zero-order chi connectivity index (χ0) is 29.5. The summed E-state index contributed by atoms with van der Waals surface area (Å²) in [5.41, 5.74) is 1.21. The van der Waals surface area contributed by atoms with Crippen LogP contribution in [0, 0.1) is 22.0 Å². The number of amides is 2. The number of hydrogen-bond acceptors (Lipinski definition) is 7. The number of aryl methyl sites for hydroxylation is 2. The van der Waals surface area contributed by atoms with Gasteiger partial charge in [0, 0.05) is 30.2 Å². The number of imide groups is 1. The Hall–Kier alpha value is -4.57. The molecule has 2 fully saturated rings. The number of carbonyl (C=O) groups excluding carboxylic acids is 2. The number of hydrogen-bond donors (Lipinski definition) is 2. The first-order valence-corrected chi connectivity index (χ1v) is 13.5. The lowest BCUT2D eigenvalue weighted by molar-refractivity contribution is -0.384. The van der Waals surface area contributed by atoms with E-state index in [4.69, 9.17) is 4.74 Å². The molecule has 0 radical (unpaired) electrons. The van der Waals surface area contributed by atoms with Crippen molar-refractivity contribution >= 4 is 29.2 Å². The predicted molar refractivity (Wildman–Crippen MR) is 151 cm³/mol. The lowest BCUT2D eigenvalue weighted by Gasteiger charge is -2.32. The molecule has 41 heavy (non-hydrogen) atoms. The van der Waals surface area contributed by atoms with Crippen LogP contribution in [0.25, 0.3) is 0 Å². The molecule has 0 aromatic heterocycles. The van der Waals surface area contributed by atoms with Crippen LogP contribution >= 0.6 is 0 Å². The van der Waals surface area contributed by atoms with Crippen LogP contribution < -0.4 is 15.0 Å². The standard InChI is InChI=1S/C31H31N3O7/c1-4-19-9-8-10-20(5-2)27(19)33-28(35)24-25(29(33)36)31(30(37)38,17-18-13-15-21(16-14-18)34(39)40)32-26(24)22-11-6-7-12-23(22)41-3/h6-16,24-26,32H,4-5,17H2,1-3H3,(H,37,38). The number of nitrogens with zero attached hydrogens (tertiary/aromatic N) is 2. The van der Waals surface area contributed by atoms with Gasteiger partial charge in [-0.1, -0.05) is 62.4 Å². The van der Waals surface area contributed by atoms with Crippen molar-refractivity contribution in [1.82, 2.24) is 5.32 Å². The molecule has 3 aromatic rings. The summed E-state index contributed by atoms with van der Waals surface area (Å²) < 4.78 is 5.57. The van der Waals surface area contributed by atoms with E-state index in [1.165, 1.54) is 36.3 Å². The summed E-state index contributed by atoms with van der Waals surface area (Å²) in [6.07, 6.45) is 0.989. The number of carbonyl (C=O) groups is 3. The summed E-state index contributed by atoms with van der Waals surface area (Å²) in [5.74, 6) is -4.14. The third-order valence-electron chi connectivity index (χ3n) is 8.33.